The van der Waals surface area contributed by atoms with Crippen LogP contribution in [0, 0.1) is 3.57 Å². The molecule has 0 aliphatic heterocycles. The first-order valence-electron chi connectivity index (χ1n) is 6.38. The molecule has 1 amide bonds. The molecular formula is C15H9Br2IN2O3S. The van der Waals surface area contributed by atoms with E-state index in [0.717, 1.165) is 3.57 Å². The topological polar surface area (TPSA) is 78.4 Å². The zero-order valence-electron chi connectivity index (χ0n) is 11.8. The van der Waals surface area contributed by atoms with Gasteiger partial charge in [0.15, 0.2) is 5.11 Å². The van der Waals surface area contributed by atoms with Gasteiger partial charge in [-0.3, -0.25) is 10.1 Å². The summed E-state index contributed by atoms with van der Waals surface area (Å²) in [5, 5.41) is 14.6. The molecule has 124 valence electrons. The second-order valence-electron chi connectivity index (χ2n) is 4.53. The first-order valence-corrected chi connectivity index (χ1v) is 9.45. The van der Waals surface area contributed by atoms with Crippen molar-refractivity contribution < 1.29 is 14.7 Å². The molecule has 2 rings (SSSR count). The van der Waals surface area contributed by atoms with Crippen LogP contribution in [0.1, 0.15) is 20.7 Å². The molecule has 0 saturated carbocycles. The highest BCUT2D eigenvalue weighted by atomic mass is 127. The molecule has 0 heterocycles. The van der Waals surface area contributed by atoms with Crippen LogP contribution in [0.25, 0.3) is 0 Å². The number of thiocarbonyl (C=S) groups is 1. The molecular weight excluding hydrogens is 575 g/mol. The maximum atomic E-state index is 12.1. The van der Waals surface area contributed by atoms with Gasteiger partial charge >= 0.3 is 5.97 Å². The lowest BCUT2D eigenvalue weighted by Gasteiger charge is -2.14. The SMILES string of the molecule is O=C(NC(=S)Nc1c(Br)cc(Br)cc1C(=O)O)c1ccc(I)cc1. The molecule has 0 aliphatic rings. The highest BCUT2D eigenvalue weighted by Gasteiger charge is 2.17. The second kappa shape index (κ2) is 8.37. The van der Waals surface area contributed by atoms with Gasteiger partial charge < -0.3 is 10.4 Å². The highest BCUT2D eigenvalue weighted by Crippen LogP contribution is 2.30. The number of carboxylic acid groups (broad SMARTS) is 1. The molecule has 0 spiro atoms. The summed E-state index contributed by atoms with van der Waals surface area (Å²) in [6, 6.07) is 10.1. The number of aromatic carboxylic acids is 1. The summed E-state index contributed by atoms with van der Waals surface area (Å²) >= 11 is 13.8. The number of hydrogen-bond acceptors (Lipinski definition) is 3. The lowest BCUT2D eigenvalue weighted by atomic mass is 10.2. The van der Waals surface area contributed by atoms with E-state index in [-0.39, 0.29) is 22.3 Å². The Morgan fingerprint density at radius 1 is 1.12 bits per heavy atom. The van der Waals surface area contributed by atoms with Crippen LogP contribution in [-0.4, -0.2) is 22.1 Å². The third-order valence-electron chi connectivity index (χ3n) is 2.86. The van der Waals surface area contributed by atoms with Crippen molar-refractivity contribution in [2.45, 2.75) is 0 Å². The Morgan fingerprint density at radius 3 is 2.33 bits per heavy atom. The van der Waals surface area contributed by atoms with Gasteiger partial charge in [0.1, 0.15) is 0 Å². The smallest absolute Gasteiger partial charge is 0.337 e. The molecule has 0 bridgehead atoms. The standard InChI is InChI=1S/C15H9Br2IN2O3S/c16-8-5-10(14(22)23)12(11(17)6-8)19-15(24)20-13(21)7-1-3-9(18)4-2-7/h1-6H,(H,22,23)(H2,19,20,21,24). The molecule has 3 N–H and O–H groups in total. The maximum absolute atomic E-state index is 12.1. The van der Waals surface area contributed by atoms with Crippen molar-refractivity contribution in [3.63, 3.8) is 0 Å². The number of carboxylic acids is 1. The fourth-order valence-electron chi connectivity index (χ4n) is 1.79. The van der Waals surface area contributed by atoms with Gasteiger partial charge in [-0.2, -0.15) is 0 Å². The van der Waals surface area contributed by atoms with E-state index >= 15 is 0 Å². The van der Waals surface area contributed by atoms with Gasteiger partial charge in [-0.15, -0.1) is 0 Å². The van der Waals surface area contributed by atoms with E-state index in [1.54, 1.807) is 30.3 Å². The van der Waals surface area contributed by atoms with Crippen molar-refractivity contribution in [3.05, 3.63) is 60.0 Å². The fourth-order valence-corrected chi connectivity index (χ4v) is 3.67. The van der Waals surface area contributed by atoms with Crippen molar-refractivity contribution >= 4 is 89.3 Å². The number of nitrogens with one attached hydrogen (secondary N) is 2. The molecule has 0 atom stereocenters. The van der Waals surface area contributed by atoms with Gasteiger partial charge in [0.2, 0.25) is 0 Å². The second-order valence-corrected chi connectivity index (χ2v) is 7.95. The Kier molecular flexibility index (Phi) is 6.72. The van der Waals surface area contributed by atoms with Gasteiger partial charge in [0.25, 0.3) is 5.91 Å². The van der Waals surface area contributed by atoms with Gasteiger partial charge in [0, 0.05) is 18.1 Å². The zero-order valence-corrected chi connectivity index (χ0v) is 17.9. The number of halogens is 3. The molecule has 0 unspecified atom stereocenters. The van der Waals surface area contributed by atoms with Crippen LogP contribution >= 0.6 is 66.7 Å². The predicted octanol–water partition coefficient (Wildman–Crippen LogP) is 4.64. The van der Waals surface area contributed by atoms with E-state index < -0.39 is 5.97 Å². The minimum absolute atomic E-state index is 0.00377. The molecule has 0 saturated heterocycles. The Bertz CT molecular complexity index is 828. The lowest BCUT2D eigenvalue weighted by molar-refractivity contribution is 0.0697. The number of amides is 1. The normalized spacial score (nSPS) is 10.1. The zero-order chi connectivity index (χ0) is 17.9. The molecule has 9 heteroatoms. The lowest BCUT2D eigenvalue weighted by Crippen LogP contribution is -2.34. The summed E-state index contributed by atoms with van der Waals surface area (Å²) in [7, 11) is 0. The van der Waals surface area contributed by atoms with Crippen molar-refractivity contribution in [1.29, 1.82) is 0 Å². The number of carbonyl (C=O) groups excluding carboxylic acids is 1. The van der Waals surface area contributed by atoms with Gasteiger partial charge in [-0.1, -0.05) is 15.9 Å². The summed E-state index contributed by atoms with van der Waals surface area (Å²) in [5.41, 5.74) is 0.730. The van der Waals surface area contributed by atoms with Crippen LogP contribution < -0.4 is 10.6 Å². The third-order valence-corrected chi connectivity index (χ3v) is 4.86. The van der Waals surface area contributed by atoms with E-state index in [2.05, 4.69) is 65.1 Å². The van der Waals surface area contributed by atoms with Crippen LogP contribution in [0.15, 0.2) is 45.3 Å². The van der Waals surface area contributed by atoms with Crippen molar-refractivity contribution in [3.8, 4) is 0 Å². The first kappa shape index (κ1) is 19.3. The van der Waals surface area contributed by atoms with E-state index in [9.17, 15) is 14.7 Å². The van der Waals surface area contributed by atoms with Crippen LogP contribution in [0.5, 0.6) is 0 Å². The Labute approximate surface area is 173 Å². The summed E-state index contributed by atoms with van der Waals surface area (Å²) in [6.07, 6.45) is 0. The van der Waals surface area contributed by atoms with Crippen LogP contribution in [0.4, 0.5) is 5.69 Å². The summed E-state index contributed by atoms with van der Waals surface area (Å²) < 4.78 is 2.11. The largest absolute Gasteiger partial charge is 0.478 e. The van der Waals surface area contributed by atoms with E-state index in [0.29, 0.717) is 14.5 Å². The average Bonchev–Trinajstić information content (AvgIpc) is 2.50. The summed E-state index contributed by atoms with van der Waals surface area (Å²) in [5.74, 6) is -1.50. The molecule has 2 aromatic carbocycles. The van der Waals surface area contributed by atoms with E-state index in [1.165, 1.54) is 6.07 Å². The van der Waals surface area contributed by atoms with Gasteiger partial charge in [-0.05, 0) is 87.1 Å². The summed E-state index contributed by atoms with van der Waals surface area (Å²) in [4.78, 5) is 23.5. The van der Waals surface area contributed by atoms with E-state index in [4.69, 9.17) is 12.2 Å². The average molecular weight is 584 g/mol. The van der Waals surface area contributed by atoms with Crippen molar-refractivity contribution in [1.82, 2.24) is 5.32 Å². The number of anilines is 1. The Balaban J connectivity index is 2.17. The number of carbonyl (C=O) groups is 2. The maximum Gasteiger partial charge on any atom is 0.337 e. The number of rotatable bonds is 3. The molecule has 24 heavy (non-hydrogen) atoms. The number of hydrogen-bond donors (Lipinski definition) is 3. The molecule has 5 nitrogen and oxygen atoms in total. The minimum atomic E-state index is -1.12. The monoisotopic (exact) mass is 582 g/mol. The van der Waals surface area contributed by atoms with Gasteiger partial charge in [-0.25, -0.2) is 4.79 Å². The first-order chi connectivity index (χ1) is 11.3. The van der Waals surface area contributed by atoms with Crippen molar-refractivity contribution in [2.75, 3.05) is 5.32 Å². The molecule has 0 aliphatic carbocycles. The van der Waals surface area contributed by atoms with Crippen LogP contribution in [0.3, 0.4) is 0 Å². The predicted molar refractivity (Wildman–Crippen MR) is 112 cm³/mol. The summed E-state index contributed by atoms with van der Waals surface area (Å²) in [6.45, 7) is 0. The van der Waals surface area contributed by atoms with Gasteiger partial charge in [0.05, 0.1) is 11.3 Å². The quantitative estimate of drug-likeness (QED) is 0.363. The third kappa shape index (κ3) is 4.98. The highest BCUT2D eigenvalue weighted by molar-refractivity contribution is 14.1. The van der Waals surface area contributed by atoms with E-state index in [1.807, 2.05) is 0 Å². The van der Waals surface area contributed by atoms with Crippen LogP contribution in [-0.2, 0) is 0 Å². The van der Waals surface area contributed by atoms with Crippen molar-refractivity contribution in [2.24, 2.45) is 0 Å². The molecule has 0 aromatic heterocycles. The molecule has 0 fully saturated rings. The van der Waals surface area contributed by atoms with Crippen LogP contribution in [0.2, 0.25) is 0 Å². The number of benzene rings is 2. The minimum Gasteiger partial charge on any atom is -0.478 e. The molecule has 2 aromatic rings. The fraction of sp³-hybridized carbons (Fsp3) is 0. The molecule has 0 radical (unpaired) electrons. The Morgan fingerprint density at radius 2 is 1.75 bits per heavy atom. The Hall–Kier alpha value is -1.04.